The summed E-state index contributed by atoms with van der Waals surface area (Å²) in [6.45, 7) is 2.11. The van der Waals surface area contributed by atoms with Crippen LogP contribution in [0.5, 0.6) is 0 Å². The van der Waals surface area contributed by atoms with E-state index in [9.17, 15) is 5.26 Å². The van der Waals surface area contributed by atoms with E-state index in [1.165, 1.54) is 25.7 Å². The molecule has 1 N–H and O–H groups in total. The van der Waals surface area contributed by atoms with E-state index in [1.54, 1.807) is 0 Å². The van der Waals surface area contributed by atoms with Crippen molar-refractivity contribution >= 4 is 0 Å². The molecule has 1 aliphatic heterocycles. The lowest BCUT2D eigenvalue weighted by Gasteiger charge is -2.24. The van der Waals surface area contributed by atoms with Gasteiger partial charge < -0.3 is 4.98 Å². The summed E-state index contributed by atoms with van der Waals surface area (Å²) in [5.74, 6) is 0. The van der Waals surface area contributed by atoms with Crippen molar-refractivity contribution in [2.45, 2.75) is 31.7 Å². The molecular formula is C12H17N3. The van der Waals surface area contributed by atoms with Gasteiger partial charge in [-0.3, -0.25) is 4.90 Å². The van der Waals surface area contributed by atoms with E-state index in [0.717, 1.165) is 18.8 Å². The molecule has 0 saturated carbocycles. The van der Waals surface area contributed by atoms with Crippen LogP contribution < -0.4 is 0 Å². The predicted molar refractivity (Wildman–Crippen MR) is 59.2 cm³/mol. The Balaban J connectivity index is 2.09. The lowest BCUT2D eigenvalue weighted by Crippen LogP contribution is -2.29. The highest BCUT2D eigenvalue weighted by atomic mass is 15.2. The summed E-state index contributed by atoms with van der Waals surface area (Å²) >= 11 is 0. The van der Waals surface area contributed by atoms with Gasteiger partial charge in [-0.05, 0) is 38.1 Å². The predicted octanol–water partition coefficient (Wildman–Crippen LogP) is 2.46. The quantitative estimate of drug-likeness (QED) is 0.802. The minimum absolute atomic E-state index is 0.0851. The van der Waals surface area contributed by atoms with Gasteiger partial charge in [0.05, 0.1) is 6.07 Å². The summed E-state index contributed by atoms with van der Waals surface area (Å²) < 4.78 is 0. The van der Waals surface area contributed by atoms with Crippen molar-refractivity contribution in [1.29, 1.82) is 5.26 Å². The number of nitriles is 1. The van der Waals surface area contributed by atoms with Gasteiger partial charge in [-0.2, -0.15) is 5.26 Å². The first-order valence-electron chi connectivity index (χ1n) is 5.69. The maximum Gasteiger partial charge on any atom is 0.138 e. The average Bonchev–Trinajstić information content (AvgIpc) is 2.63. The Bertz CT molecular complexity index is 315. The van der Waals surface area contributed by atoms with Crippen LogP contribution in [0.4, 0.5) is 0 Å². The van der Waals surface area contributed by atoms with E-state index >= 15 is 0 Å². The minimum Gasteiger partial charge on any atom is -0.363 e. The van der Waals surface area contributed by atoms with Gasteiger partial charge in [-0.15, -0.1) is 0 Å². The summed E-state index contributed by atoms with van der Waals surface area (Å²) in [5.41, 5.74) is 1.03. The molecule has 1 aromatic heterocycles. The number of rotatable bonds is 2. The molecule has 1 fully saturated rings. The standard InChI is InChI=1S/C12H17N3/c13-10-12(11-6-5-7-14-11)15-8-3-1-2-4-9-15/h5-7,12,14H,1-4,8-9H2. The van der Waals surface area contributed by atoms with E-state index in [4.69, 9.17) is 0 Å². The number of aromatic nitrogens is 1. The zero-order valence-electron chi connectivity index (χ0n) is 8.95. The zero-order chi connectivity index (χ0) is 10.5. The molecule has 1 saturated heterocycles. The Hall–Kier alpha value is -1.27. The number of hydrogen-bond acceptors (Lipinski definition) is 2. The first kappa shape index (κ1) is 10.3. The fourth-order valence-corrected chi connectivity index (χ4v) is 2.22. The second-order valence-corrected chi connectivity index (χ2v) is 4.11. The third-order valence-corrected chi connectivity index (χ3v) is 3.04. The molecule has 1 atom stereocenters. The Kier molecular flexibility index (Phi) is 3.41. The van der Waals surface area contributed by atoms with Crippen LogP contribution in [-0.2, 0) is 0 Å². The number of likely N-dealkylation sites (tertiary alicyclic amines) is 1. The lowest BCUT2D eigenvalue weighted by atomic mass is 10.2. The molecule has 3 heteroatoms. The van der Waals surface area contributed by atoms with Crippen molar-refractivity contribution in [3.8, 4) is 6.07 Å². The summed E-state index contributed by atoms with van der Waals surface area (Å²) in [7, 11) is 0. The Morgan fingerprint density at radius 1 is 1.27 bits per heavy atom. The molecule has 0 spiro atoms. The zero-order valence-corrected chi connectivity index (χ0v) is 8.95. The number of aromatic amines is 1. The highest BCUT2D eigenvalue weighted by Crippen LogP contribution is 2.22. The topological polar surface area (TPSA) is 42.8 Å². The number of hydrogen-bond donors (Lipinski definition) is 1. The van der Waals surface area contributed by atoms with Crippen LogP contribution in [0.2, 0.25) is 0 Å². The monoisotopic (exact) mass is 203 g/mol. The van der Waals surface area contributed by atoms with Crippen molar-refractivity contribution in [3.05, 3.63) is 24.0 Å². The highest BCUT2D eigenvalue weighted by Gasteiger charge is 2.21. The van der Waals surface area contributed by atoms with Gasteiger partial charge in [0.1, 0.15) is 6.04 Å². The molecule has 0 aromatic carbocycles. The lowest BCUT2D eigenvalue weighted by molar-refractivity contribution is 0.242. The van der Waals surface area contributed by atoms with Gasteiger partial charge in [0.2, 0.25) is 0 Å². The summed E-state index contributed by atoms with van der Waals surface area (Å²) in [5, 5.41) is 9.23. The van der Waals surface area contributed by atoms with E-state index in [1.807, 2.05) is 18.3 Å². The molecule has 0 aliphatic carbocycles. The van der Waals surface area contributed by atoms with Crippen molar-refractivity contribution in [1.82, 2.24) is 9.88 Å². The maximum absolute atomic E-state index is 9.23. The summed E-state index contributed by atoms with van der Waals surface area (Å²) in [6, 6.07) is 6.27. The Morgan fingerprint density at radius 2 is 2.00 bits per heavy atom. The van der Waals surface area contributed by atoms with Crippen LogP contribution in [0.15, 0.2) is 18.3 Å². The average molecular weight is 203 g/mol. The first-order chi connectivity index (χ1) is 7.42. The van der Waals surface area contributed by atoms with Gasteiger partial charge >= 0.3 is 0 Å². The third-order valence-electron chi connectivity index (χ3n) is 3.04. The van der Waals surface area contributed by atoms with Crippen molar-refractivity contribution < 1.29 is 0 Å². The summed E-state index contributed by atoms with van der Waals surface area (Å²) in [6.07, 6.45) is 6.94. The molecule has 1 unspecified atom stereocenters. The fourth-order valence-electron chi connectivity index (χ4n) is 2.22. The molecule has 80 valence electrons. The van der Waals surface area contributed by atoms with Crippen molar-refractivity contribution in [2.75, 3.05) is 13.1 Å². The molecule has 1 aliphatic rings. The SMILES string of the molecule is N#CC(c1ccc[nH]1)N1CCCCCC1. The minimum atomic E-state index is -0.0851. The van der Waals surface area contributed by atoms with Crippen LogP contribution in [0, 0.1) is 11.3 Å². The largest absolute Gasteiger partial charge is 0.363 e. The molecule has 1 aromatic rings. The molecular weight excluding hydrogens is 186 g/mol. The van der Waals surface area contributed by atoms with E-state index < -0.39 is 0 Å². The van der Waals surface area contributed by atoms with Gasteiger partial charge in [0.15, 0.2) is 0 Å². The molecule has 0 bridgehead atoms. The van der Waals surface area contributed by atoms with Gasteiger partial charge in [0, 0.05) is 11.9 Å². The Labute approximate surface area is 90.7 Å². The van der Waals surface area contributed by atoms with Gasteiger partial charge in [-0.25, -0.2) is 0 Å². The van der Waals surface area contributed by atoms with Crippen LogP contribution in [0.1, 0.15) is 37.4 Å². The highest BCUT2D eigenvalue weighted by molar-refractivity contribution is 5.16. The molecule has 0 radical (unpaired) electrons. The molecule has 2 heterocycles. The van der Waals surface area contributed by atoms with Crippen molar-refractivity contribution in [2.24, 2.45) is 0 Å². The summed E-state index contributed by atoms with van der Waals surface area (Å²) in [4.78, 5) is 5.43. The number of nitrogens with zero attached hydrogens (tertiary/aromatic N) is 2. The Morgan fingerprint density at radius 3 is 2.53 bits per heavy atom. The second-order valence-electron chi connectivity index (χ2n) is 4.11. The molecule has 3 nitrogen and oxygen atoms in total. The van der Waals surface area contributed by atoms with E-state index in [0.29, 0.717) is 0 Å². The van der Waals surface area contributed by atoms with E-state index in [-0.39, 0.29) is 6.04 Å². The molecule has 0 amide bonds. The van der Waals surface area contributed by atoms with Crippen LogP contribution in [-0.4, -0.2) is 23.0 Å². The maximum atomic E-state index is 9.23. The smallest absolute Gasteiger partial charge is 0.138 e. The molecule has 15 heavy (non-hydrogen) atoms. The normalized spacial score (nSPS) is 20.5. The third kappa shape index (κ3) is 2.40. The van der Waals surface area contributed by atoms with Crippen molar-refractivity contribution in [3.63, 3.8) is 0 Å². The van der Waals surface area contributed by atoms with Crippen LogP contribution >= 0.6 is 0 Å². The first-order valence-corrected chi connectivity index (χ1v) is 5.69. The number of H-pyrrole nitrogens is 1. The molecule has 2 rings (SSSR count). The van der Waals surface area contributed by atoms with Crippen LogP contribution in [0.25, 0.3) is 0 Å². The van der Waals surface area contributed by atoms with E-state index in [2.05, 4.69) is 16.0 Å². The second kappa shape index (κ2) is 4.99. The van der Waals surface area contributed by atoms with Gasteiger partial charge in [0.25, 0.3) is 0 Å². The van der Waals surface area contributed by atoms with Gasteiger partial charge in [-0.1, -0.05) is 12.8 Å². The number of nitrogens with one attached hydrogen (secondary N) is 1. The fraction of sp³-hybridized carbons (Fsp3) is 0.583. The van der Waals surface area contributed by atoms with Crippen LogP contribution in [0.3, 0.4) is 0 Å².